The average Bonchev–Trinajstić information content (AvgIpc) is 2.18. The Hall–Kier alpha value is -0.720. The first-order chi connectivity index (χ1) is 8.01. The molecule has 0 bridgehead atoms. The van der Waals surface area contributed by atoms with Crippen LogP contribution in [0.15, 0.2) is 27.6 Å². The van der Waals surface area contributed by atoms with Gasteiger partial charge in [0.25, 0.3) is 0 Å². The topological polar surface area (TPSA) is 75.4 Å². The van der Waals surface area contributed by atoms with Gasteiger partial charge in [0.15, 0.2) is 0 Å². The number of nitrogens with one attached hydrogen (secondary N) is 1. The van der Waals surface area contributed by atoms with E-state index in [0.717, 1.165) is 9.37 Å². The van der Waals surface area contributed by atoms with Crippen molar-refractivity contribution < 1.29 is 9.90 Å². The Morgan fingerprint density at radius 3 is 2.76 bits per heavy atom. The molecule has 1 aliphatic rings. The number of hydrogen-bond donors (Lipinski definition) is 3. The molecule has 0 unspecified atom stereocenters. The number of nitrogen functional groups attached to an aromatic ring is 1. The molecule has 0 atom stereocenters. The fourth-order valence-corrected chi connectivity index (χ4v) is 3.46. The highest BCUT2D eigenvalue weighted by Crippen LogP contribution is 2.41. The molecule has 2 rings (SSSR count). The van der Waals surface area contributed by atoms with E-state index < -0.39 is 5.97 Å². The van der Waals surface area contributed by atoms with E-state index in [2.05, 4.69) is 21.2 Å². The molecule has 1 heterocycles. The van der Waals surface area contributed by atoms with E-state index in [9.17, 15) is 4.79 Å². The van der Waals surface area contributed by atoms with Crippen LogP contribution in [0.3, 0.4) is 0 Å². The molecule has 6 heteroatoms. The molecule has 17 heavy (non-hydrogen) atoms. The van der Waals surface area contributed by atoms with Crippen molar-refractivity contribution in [3.63, 3.8) is 0 Å². The number of halogens is 1. The van der Waals surface area contributed by atoms with Gasteiger partial charge in [0.1, 0.15) is 0 Å². The summed E-state index contributed by atoms with van der Waals surface area (Å²) in [6, 6.07) is 5.67. The van der Waals surface area contributed by atoms with Crippen LogP contribution in [0, 0.1) is 0 Å². The van der Waals surface area contributed by atoms with Crippen LogP contribution >= 0.6 is 27.7 Å². The molecule has 4 N–H and O–H groups in total. The van der Waals surface area contributed by atoms with E-state index in [1.807, 2.05) is 18.2 Å². The first-order valence-corrected chi connectivity index (χ1v) is 6.78. The normalized spacial score (nSPS) is 17.5. The minimum absolute atomic E-state index is 0.153. The number of thioether (sulfide) groups is 1. The van der Waals surface area contributed by atoms with Crippen LogP contribution in [0.1, 0.15) is 6.42 Å². The van der Waals surface area contributed by atoms with Gasteiger partial charge in [-0.15, -0.1) is 11.8 Å². The summed E-state index contributed by atoms with van der Waals surface area (Å²) < 4.78 is 0.673. The van der Waals surface area contributed by atoms with Gasteiger partial charge in [-0.1, -0.05) is 15.9 Å². The monoisotopic (exact) mass is 316 g/mol. The molecule has 0 amide bonds. The van der Waals surface area contributed by atoms with E-state index >= 15 is 0 Å². The number of benzene rings is 1. The Balaban J connectivity index is 2.15. The van der Waals surface area contributed by atoms with Crippen LogP contribution in [-0.4, -0.2) is 28.9 Å². The SMILES string of the molecule is Nc1cc(Br)ccc1SC1(CC(=O)O)CNC1. The largest absolute Gasteiger partial charge is 0.481 e. The summed E-state index contributed by atoms with van der Waals surface area (Å²) in [5.41, 5.74) is 6.60. The quantitative estimate of drug-likeness (QED) is 0.740. The van der Waals surface area contributed by atoms with Crippen LogP contribution < -0.4 is 11.1 Å². The predicted molar refractivity (Wildman–Crippen MR) is 72.3 cm³/mol. The molecule has 92 valence electrons. The van der Waals surface area contributed by atoms with E-state index in [0.29, 0.717) is 18.8 Å². The summed E-state index contributed by atoms with van der Waals surface area (Å²) in [6.45, 7) is 1.42. The van der Waals surface area contributed by atoms with Crippen LogP contribution in [0.5, 0.6) is 0 Å². The zero-order valence-electron chi connectivity index (χ0n) is 9.07. The van der Waals surface area contributed by atoms with Crippen molar-refractivity contribution in [2.45, 2.75) is 16.1 Å². The van der Waals surface area contributed by atoms with Crippen LogP contribution in [0.2, 0.25) is 0 Å². The van der Waals surface area contributed by atoms with Crippen molar-refractivity contribution in [1.82, 2.24) is 5.32 Å². The Labute approximate surface area is 112 Å². The Morgan fingerprint density at radius 1 is 1.59 bits per heavy atom. The van der Waals surface area contributed by atoms with Gasteiger partial charge in [0.2, 0.25) is 0 Å². The minimum atomic E-state index is -0.769. The van der Waals surface area contributed by atoms with Crippen molar-refractivity contribution in [1.29, 1.82) is 0 Å². The van der Waals surface area contributed by atoms with Gasteiger partial charge in [0, 0.05) is 28.1 Å². The van der Waals surface area contributed by atoms with Crippen LogP contribution in [0.25, 0.3) is 0 Å². The van der Waals surface area contributed by atoms with Gasteiger partial charge in [0.05, 0.1) is 11.2 Å². The number of carbonyl (C=O) groups is 1. The minimum Gasteiger partial charge on any atom is -0.481 e. The maximum atomic E-state index is 10.9. The Morgan fingerprint density at radius 2 is 2.29 bits per heavy atom. The summed E-state index contributed by atoms with van der Waals surface area (Å²) >= 11 is 4.90. The molecule has 1 saturated heterocycles. The first-order valence-electron chi connectivity index (χ1n) is 5.17. The van der Waals surface area contributed by atoms with Crippen molar-refractivity contribution in [2.24, 2.45) is 0 Å². The highest BCUT2D eigenvalue weighted by atomic mass is 79.9. The highest BCUT2D eigenvalue weighted by Gasteiger charge is 2.40. The molecular weight excluding hydrogens is 304 g/mol. The lowest BCUT2D eigenvalue weighted by atomic mass is 9.98. The first kappa shape index (κ1) is 12.7. The van der Waals surface area contributed by atoms with Gasteiger partial charge < -0.3 is 16.2 Å². The fourth-order valence-electron chi connectivity index (χ4n) is 1.76. The summed E-state index contributed by atoms with van der Waals surface area (Å²) in [5.74, 6) is -0.769. The molecule has 1 aliphatic heterocycles. The lowest BCUT2D eigenvalue weighted by molar-refractivity contribution is -0.138. The number of nitrogens with two attached hydrogens (primary N) is 1. The molecular formula is C11H13BrN2O2S. The number of aliphatic carboxylic acids is 1. The zero-order chi connectivity index (χ0) is 12.5. The predicted octanol–water partition coefficient (Wildman–Crippen LogP) is 1.94. The lowest BCUT2D eigenvalue weighted by Gasteiger charge is -2.41. The van der Waals surface area contributed by atoms with E-state index in [4.69, 9.17) is 10.8 Å². The third-order valence-electron chi connectivity index (χ3n) is 2.67. The van der Waals surface area contributed by atoms with Gasteiger partial charge in [-0.25, -0.2) is 0 Å². The molecule has 1 fully saturated rings. The Kier molecular flexibility index (Phi) is 3.65. The summed E-state index contributed by atoms with van der Waals surface area (Å²) in [5, 5.41) is 12.0. The van der Waals surface area contributed by atoms with Crippen molar-refractivity contribution in [2.75, 3.05) is 18.8 Å². The van der Waals surface area contributed by atoms with Gasteiger partial charge in [-0.2, -0.15) is 0 Å². The fraction of sp³-hybridized carbons (Fsp3) is 0.364. The molecule has 1 aromatic rings. The Bertz CT molecular complexity index is 449. The van der Waals surface area contributed by atoms with Crippen LogP contribution in [0.4, 0.5) is 5.69 Å². The average molecular weight is 317 g/mol. The third-order valence-corrected chi connectivity index (χ3v) is 4.62. The zero-order valence-corrected chi connectivity index (χ0v) is 11.5. The second-order valence-electron chi connectivity index (χ2n) is 4.14. The summed E-state index contributed by atoms with van der Waals surface area (Å²) in [4.78, 5) is 11.8. The molecule has 0 spiro atoms. The molecule has 1 aromatic carbocycles. The maximum Gasteiger partial charge on any atom is 0.304 e. The smallest absolute Gasteiger partial charge is 0.304 e. The number of rotatable bonds is 4. The number of carboxylic acid groups (broad SMARTS) is 1. The molecule has 4 nitrogen and oxygen atoms in total. The van der Waals surface area contributed by atoms with Crippen molar-refractivity contribution in [3.8, 4) is 0 Å². The van der Waals surface area contributed by atoms with Gasteiger partial charge >= 0.3 is 5.97 Å². The van der Waals surface area contributed by atoms with Crippen molar-refractivity contribution >= 4 is 39.3 Å². The second-order valence-corrected chi connectivity index (χ2v) is 6.57. The second kappa shape index (κ2) is 4.88. The summed E-state index contributed by atoms with van der Waals surface area (Å²) in [7, 11) is 0. The van der Waals surface area contributed by atoms with Gasteiger partial charge in [-0.05, 0) is 18.2 Å². The number of hydrogen-bond acceptors (Lipinski definition) is 4. The third kappa shape index (κ3) is 2.94. The standard InChI is InChI=1S/C11H13BrN2O2S/c12-7-1-2-9(8(13)3-7)17-11(4-10(15)16)5-14-6-11/h1-3,14H,4-6,13H2,(H,15,16). The van der Waals surface area contributed by atoms with E-state index in [1.54, 1.807) is 11.8 Å². The molecule has 0 saturated carbocycles. The van der Waals surface area contributed by atoms with Crippen molar-refractivity contribution in [3.05, 3.63) is 22.7 Å². The van der Waals surface area contributed by atoms with Crippen LogP contribution in [-0.2, 0) is 4.79 Å². The number of carboxylic acids is 1. The lowest BCUT2D eigenvalue weighted by Crippen LogP contribution is -2.57. The molecule has 0 aliphatic carbocycles. The van der Waals surface area contributed by atoms with Gasteiger partial charge in [-0.3, -0.25) is 4.79 Å². The summed E-state index contributed by atoms with van der Waals surface area (Å²) in [6.07, 6.45) is 0.153. The highest BCUT2D eigenvalue weighted by molar-refractivity contribution is 9.10. The van der Waals surface area contributed by atoms with E-state index in [1.165, 1.54) is 0 Å². The maximum absolute atomic E-state index is 10.9. The molecule has 0 radical (unpaired) electrons. The van der Waals surface area contributed by atoms with E-state index in [-0.39, 0.29) is 11.2 Å². The number of anilines is 1. The molecule has 0 aromatic heterocycles.